The Morgan fingerprint density at radius 1 is 1.54 bits per heavy atom. The van der Waals surface area contributed by atoms with Crippen LogP contribution in [0, 0.1) is 0 Å². The van der Waals surface area contributed by atoms with Crippen LogP contribution in [0.2, 0.25) is 0 Å². The summed E-state index contributed by atoms with van der Waals surface area (Å²) in [6, 6.07) is 4.57. The predicted molar refractivity (Wildman–Crippen MR) is 51.7 cm³/mol. The monoisotopic (exact) mass is 173 g/mol. The van der Waals surface area contributed by atoms with Gasteiger partial charge in [0, 0.05) is 11.6 Å². The summed E-state index contributed by atoms with van der Waals surface area (Å²) >= 11 is 0. The van der Waals surface area contributed by atoms with Gasteiger partial charge in [-0.1, -0.05) is 17.6 Å². The maximum absolute atomic E-state index is 10.4. The van der Waals surface area contributed by atoms with Crippen molar-refractivity contribution in [2.24, 2.45) is 5.73 Å². The molecule has 0 unspecified atom stereocenters. The summed E-state index contributed by atoms with van der Waals surface area (Å²) in [4.78, 5) is 10.4. The molecular formula is C9H8BNO2. The van der Waals surface area contributed by atoms with Gasteiger partial charge >= 0.3 is 0 Å². The van der Waals surface area contributed by atoms with E-state index in [-0.39, 0.29) is 5.75 Å². The zero-order chi connectivity index (χ0) is 9.84. The number of phenols is 1. The highest BCUT2D eigenvalue weighted by Gasteiger charge is 1.96. The van der Waals surface area contributed by atoms with Gasteiger partial charge in [0.05, 0.1) is 0 Å². The molecule has 0 bridgehead atoms. The molecule has 0 saturated heterocycles. The quantitative estimate of drug-likeness (QED) is 0.475. The van der Waals surface area contributed by atoms with Crippen molar-refractivity contribution in [3.05, 3.63) is 29.8 Å². The van der Waals surface area contributed by atoms with Crippen molar-refractivity contribution in [3.63, 3.8) is 0 Å². The lowest BCUT2D eigenvalue weighted by atomic mass is 9.94. The maximum Gasteiger partial charge on any atom is 0.241 e. The molecule has 0 fully saturated rings. The van der Waals surface area contributed by atoms with E-state index in [1.165, 1.54) is 12.1 Å². The normalized spacial score (nSPS) is 10.5. The summed E-state index contributed by atoms with van der Waals surface area (Å²) in [7, 11) is 5.47. The third kappa shape index (κ3) is 2.67. The maximum atomic E-state index is 10.4. The fraction of sp³-hybridized carbons (Fsp3) is 0. The van der Waals surface area contributed by atoms with Crippen molar-refractivity contribution in [2.45, 2.75) is 0 Å². The Kier molecular flexibility index (Phi) is 2.74. The molecule has 64 valence electrons. The van der Waals surface area contributed by atoms with Crippen molar-refractivity contribution in [2.75, 3.05) is 0 Å². The lowest BCUT2D eigenvalue weighted by Crippen LogP contribution is -2.05. The molecule has 1 rings (SSSR count). The number of carbonyl (C=O) groups excluding carboxylic acids is 1. The number of amides is 1. The van der Waals surface area contributed by atoms with Gasteiger partial charge in [0.1, 0.15) is 13.6 Å². The average Bonchev–Trinajstić information content (AvgIpc) is 2.06. The van der Waals surface area contributed by atoms with Crippen LogP contribution in [-0.2, 0) is 4.79 Å². The SMILES string of the molecule is [B]c1ccc(O)c(/C=C/C(N)=O)c1. The molecule has 2 radical (unpaired) electrons. The van der Waals surface area contributed by atoms with E-state index in [0.717, 1.165) is 6.08 Å². The molecule has 1 aromatic rings. The van der Waals surface area contributed by atoms with Crippen molar-refractivity contribution in [3.8, 4) is 5.75 Å². The third-order valence-corrected chi connectivity index (χ3v) is 1.48. The van der Waals surface area contributed by atoms with E-state index in [9.17, 15) is 9.90 Å². The number of nitrogens with two attached hydrogens (primary N) is 1. The van der Waals surface area contributed by atoms with Gasteiger partial charge in [0.15, 0.2) is 0 Å². The summed E-state index contributed by atoms with van der Waals surface area (Å²) in [5, 5.41) is 9.29. The van der Waals surface area contributed by atoms with Crippen LogP contribution in [-0.4, -0.2) is 18.9 Å². The summed E-state index contributed by atoms with van der Waals surface area (Å²) in [6.07, 6.45) is 2.57. The van der Waals surface area contributed by atoms with Crippen LogP contribution in [0.15, 0.2) is 24.3 Å². The Bertz CT molecular complexity index is 361. The standard InChI is InChI=1S/C9H8BNO2/c10-7-2-3-8(12)6(5-7)1-4-9(11)13/h1-5,12H,(H2,11,13)/b4-1+. The second-order valence-corrected chi connectivity index (χ2v) is 2.55. The van der Waals surface area contributed by atoms with Crippen LogP contribution in [0.25, 0.3) is 6.08 Å². The number of aromatic hydroxyl groups is 1. The molecule has 0 aliphatic heterocycles. The smallest absolute Gasteiger partial charge is 0.241 e. The van der Waals surface area contributed by atoms with E-state index >= 15 is 0 Å². The van der Waals surface area contributed by atoms with Gasteiger partial charge in [-0.25, -0.2) is 0 Å². The summed E-state index contributed by atoms with van der Waals surface area (Å²) in [5.41, 5.74) is 5.88. The van der Waals surface area contributed by atoms with Crippen LogP contribution in [0.1, 0.15) is 5.56 Å². The lowest BCUT2D eigenvalue weighted by Gasteiger charge is -1.99. The molecule has 4 heteroatoms. The van der Waals surface area contributed by atoms with E-state index in [2.05, 4.69) is 0 Å². The Morgan fingerprint density at radius 3 is 2.85 bits per heavy atom. The number of carbonyl (C=O) groups is 1. The van der Waals surface area contributed by atoms with Gasteiger partial charge in [-0.3, -0.25) is 4.79 Å². The van der Waals surface area contributed by atoms with E-state index < -0.39 is 5.91 Å². The molecule has 0 aliphatic carbocycles. The minimum atomic E-state index is -0.568. The van der Waals surface area contributed by atoms with Crippen molar-refractivity contribution < 1.29 is 9.90 Å². The predicted octanol–water partition coefficient (Wildman–Crippen LogP) is -0.316. The second-order valence-electron chi connectivity index (χ2n) is 2.55. The van der Waals surface area contributed by atoms with Gasteiger partial charge in [-0.15, -0.1) is 0 Å². The van der Waals surface area contributed by atoms with Crippen molar-refractivity contribution in [1.29, 1.82) is 0 Å². The number of rotatable bonds is 2. The Balaban J connectivity index is 3.00. The van der Waals surface area contributed by atoms with Gasteiger partial charge in [0.25, 0.3) is 0 Å². The molecule has 0 saturated carbocycles. The zero-order valence-electron chi connectivity index (χ0n) is 6.90. The van der Waals surface area contributed by atoms with E-state index in [1.807, 2.05) is 0 Å². The largest absolute Gasteiger partial charge is 0.507 e. The Morgan fingerprint density at radius 2 is 2.23 bits per heavy atom. The molecule has 1 aromatic carbocycles. The van der Waals surface area contributed by atoms with Gasteiger partial charge in [-0.05, 0) is 12.1 Å². The molecule has 1 amide bonds. The van der Waals surface area contributed by atoms with Gasteiger partial charge < -0.3 is 10.8 Å². The zero-order valence-corrected chi connectivity index (χ0v) is 6.90. The molecule has 0 spiro atoms. The molecular weight excluding hydrogens is 165 g/mol. The van der Waals surface area contributed by atoms with Crippen LogP contribution in [0.4, 0.5) is 0 Å². The van der Waals surface area contributed by atoms with Gasteiger partial charge in [0.2, 0.25) is 5.91 Å². The average molecular weight is 173 g/mol. The van der Waals surface area contributed by atoms with Crippen LogP contribution >= 0.6 is 0 Å². The first kappa shape index (κ1) is 9.38. The molecule has 13 heavy (non-hydrogen) atoms. The number of hydrogen-bond acceptors (Lipinski definition) is 2. The lowest BCUT2D eigenvalue weighted by molar-refractivity contribution is -0.113. The molecule has 0 aromatic heterocycles. The van der Waals surface area contributed by atoms with Gasteiger partial charge in [-0.2, -0.15) is 0 Å². The minimum Gasteiger partial charge on any atom is -0.507 e. The van der Waals surface area contributed by atoms with E-state index in [4.69, 9.17) is 13.6 Å². The van der Waals surface area contributed by atoms with Crippen LogP contribution in [0.3, 0.4) is 0 Å². The summed E-state index contributed by atoms with van der Waals surface area (Å²) in [5.74, 6) is -0.506. The highest BCUT2D eigenvalue weighted by Crippen LogP contribution is 2.15. The molecule has 0 atom stereocenters. The van der Waals surface area contributed by atoms with E-state index in [0.29, 0.717) is 11.0 Å². The number of benzene rings is 1. The fourth-order valence-corrected chi connectivity index (χ4v) is 0.878. The first-order chi connectivity index (χ1) is 6.09. The highest BCUT2D eigenvalue weighted by atomic mass is 16.3. The second kappa shape index (κ2) is 3.80. The molecule has 3 nitrogen and oxygen atoms in total. The number of primary amides is 1. The molecule has 0 aliphatic rings. The third-order valence-electron chi connectivity index (χ3n) is 1.48. The summed E-state index contributed by atoms with van der Waals surface area (Å²) in [6.45, 7) is 0. The van der Waals surface area contributed by atoms with E-state index in [1.54, 1.807) is 12.1 Å². The Hall–Kier alpha value is -1.71. The Labute approximate surface area is 77.3 Å². The fourth-order valence-electron chi connectivity index (χ4n) is 0.878. The molecule has 3 N–H and O–H groups in total. The van der Waals surface area contributed by atoms with Crippen LogP contribution < -0.4 is 11.2 Å². The first-order valence-electron chi connectivity index (χ1n) is 3.65. The highest BCUT2D eigenvalue weighted by molar-refractivity contribution is 6.32. The first-order valence-corrected chi connectivity index (χ1v) is 3.65. The molecule has 0 heterocycles. The minimum absolute atomic E-state index is 0.0618. The topological polar surface area (TPSA) is 63.3 Å². The summed E-state index contributed by atoms with van der Waals surface area (Å²) < 4.78 is 0. The van der Waals surface area contributed by atoms with Crippen LogP contribution in [0.5, 0.6) is 5.75 Å². The number of hydrogen-bond donors (Lipinski definition) is 2. The van der Waals surface area contributed by atoms with Crippen molar-refractivity contribution in [1.82, 2.24) is 0 Å². The number of phenolic OH excluding ortho intramolecular Hbond substituents is 1. The van der Waals surface area contributed by atoms with Crippen molar-refractivity contribution >= 4 is 25.3 Å².